The van der Waals surface area contributed by atoms with Gasteiger partial charge in [-0.2, -0.15) is 0 Å². The maximum Gasteiger partial charge on any atom is 0.142 e. The van der Waals surface area contributed by atoms with Crippen LogP contribution in [0.15, 0.2) is 29.4 Å². The summed E-state index contributed by atoms with van der Waals surface area (Å²) in [5.74, 6) is 0. The van der Waals surface area contributed by atoms with Crippen LogP contribution in [0, 0.1) is 6.92 Å². The van der Waals surface area contributed by atoms with Gasteiger partial charge in [-0.05, 0) is 35.7 Å². The number of rotatable bonds is 3. The zero-order valence-electron chi connectivity index (χ0n) is 7.71. The van der Waals surface area contributed by atoms with Gasteiger partial charge in [0, 0.05) is 10.6 Å². The van der Waals surface area contributed by atoms with E-state index in [0.717, 1.165) is 17.4 Å². The lowest BCUT2D eigenvalue weighted by Crippen LogP contribution is -1.79. The second-order valence-corrected chi connectivity index (χ2v) is 2.73. The molecule has 0 atom stereocenters. The molecule has 0 saturated heterocycles. The van der Waals surface area contributed by atoms with E-state index in [4.69, 9.17) is 5.53 Å². The average Bonchev–Trinajstić information content (AvgIpc) is 2.17. The molecule has 0 saturated carbocycles. The molecule has 0 aliphatic carbocycles. The number of nitrogens with zero attached hydrogens (tertiary/aromatic N) is 3. The molecule has 0 N–H and O–H groups in total. The summed E-state index contributed by atoms with van der Waals surface area (Å²) < 4.78 is 0. The van der Waals surface area contributed by atoms with Crippen LogP contribution in [0.2, 0.25) is 0 Å². The van der Waals surface area contributed by atoms with E-state index in [2.05, 4.69) is 10.0 Å². The van der Waals surface area contributed by atoms with Gasteiger partial charge >= 0.3 is 0 Å². The van der Waals surface area contributed by atoms with E-state index in [1.165, 1.54) is 6.08 Å². The normalized spacial score (nSPS) is 9.79. The summed E-state index contributed by atoms with van der Waals surface area (Å²) in [7, 11) is 0. The molecule has 0 fully saturated rings. The van der Waals surface area contributed by atoms with Gasteiger partial charge < -0.3 is 0 Å². The largest absolute Gasteiger partial charge is 0.299 e. The van der Waals surface area contributed by atoms with E-state index in [1.54, 1.807) is 24.3 Å². The Morgan fingerprint density at radius 1 is 1.50 bits per heavy atom. The Balaban J connectivity index is 3.06. The SMILES string of the molecule is Cc1cc(N=[N+]=[N-])ccc1C=CC=O. The van der Waals surface area contributed by atoms with Gasteiger partial charge in [-0.25, -0.2) is 0 Å². The fourth-order valence-electron chi connectivity index (χ4n) is 1.10. The first-order chi connectivity index (χ1) is 6.77. The molecule has 0 bridgehead atoms. The first kappa shape index (κ1) is 10.0. The average molecular weight is 187 g/mol. The van der Waals surface area contributed by atoms with Crippen molar-refractivity contribution >= 4 is 18.0 Å². The van der Waals surface area contributed by atoms with E-state index in [9.17, 15) is 4.79 Å². The molecule has 0 aliphatic heterocycles. The highest BCUT2D eigenvalue weighted by Gasteiger charge is 1.94. The number of benzene rings is 1. The highest BCUT2D eigenvalue weighted by Crippen LogP contribution is 2.18. The molecule has 0 amide bonds. The van der Waals surface area contributed by atoms with Crippen molar-refractivity contribution in [1.29, 1.82) is 0 Å². The summed E-state index contributed by atoms with van der Waals surface area (Å²) in [6, 6.07) is 5.28. The molecule has 14 heavy (non-hydrogen) atoms. The van der Waals surface area contributed by atoms with Crippen molar-refractivity contribution < 1.29 is 4.79 Å². The number of hydrogen-bond donors (Lipinski definition) is 0. The zero-order chi connectivity index (χ0) is 10.4. The molecule has 1 aromatic carbocycles. The van der Waals surface area contributed by atoms with E-state index in [0.29, 0.717) is 5.69 Å². The predicted octanol–water partition coefficient (Wildman–Crippen LogP) is 3.15. The maximum absolute atomic E-state index is 10.1. The molecule has 70 valence electrons. The minimum absolute atomic E-state index is 0.577. The first-order valence-electron chi connectivity index (χ1n) is 4.05. The molecule has 4 heteroatoms. The minimum atomic E-state index is 0.577. The van der Waals surface area contributed by atoms with Crippen LogP contribution >= 0.6 is 0 Å². The predicted molar refractivity (Wildman–Crippen MR) is 55.1 cm³/mol. The van der Waals surface area contributed by atoms with Gasteiger partial charge in [0.05, 0.1) is 0 Å². The number of aryl methyl sites for hydroxylation is 1. The first-order valence-corrected chi connectivity index (χ1v) is 4.05. The fraction of sp³-hybridized carbons (Fsp3) is 0.100. The van der Waals surface area contributed by atoms with Crippen LogP contribution in [0.25, 0.3) is 16.5 Å². The number of carbonyl (C=O) groups excluding carboxylic acids is 1. The molecule has 0 aromatic heterocycles. The van der Waals surface area contributed by atoms with Gasteiger partial charge in [0.25, 0.3) is 0 Å². The minimum Gasteiger partial charge on any atom is -0.299 e. The summed E-state index contributed by atoms with van der Waals surface area (Å²) >= 11 is 0. The van der Waals surface area contributed by atoms with Crippen LogP contribution in [0.1, 0.15) is 11.1 Å². The maximum atomic E-state index is 10.1. The smallest absolute Gasteiger partial charge is 0.142 e. The van der Waals surface area contributed by atoms with E-state index < -0.39 is 0 Å². The van der Waals surface area contributed by atoms with Crippen LogP contribution in [0.5, 0.6) is 0 Å². The lowest BCUT2D eigenvalue weighted by atomic mass is 10.1. The Kier molecular flexibility index (Phi) is 3.47. The topological polar surface area (TPSA) is 65.8 Å². The fourth-order valence-corrected chi connectivity index (χ4v) is 1.10. The van der Waals surface area contributed by atoms with Gasteiger partial charge in [0.15, 0.2) is 0 Å². The van der Waals surface area contributed by atoms with E-state index >= 15 is 0 Å². The second kappa shape index (κ2) is 4.84. The Hall–Kier alpha value is -2.06. The van der Waals surface area contributed by atoms with Gasteiger partial charge in [-0.1, -0.05) is 23.3 Å². The van der Waals surface area contributed by atoms with Crippen molar-refractivity contribution in [3.8, 4) is 0 Å². The zero-order valence-corrected chi connectivity index (χ0v) is 7.71. The van der Waals surface area contributed by atoms with Crippen molar-refractivity contribution in [2.24, 2.45) is 5.11 Å². The molecule has 0 radical (unpaired) electrons. The van der Waals surface area contributed by atoms with Crippen LogP contribution in [0.4, 0.5) is 5.69 Å². The van der Waals surface area contributed by atoms with Crippen molar-refractivity contribution in [2.75, 3.05) is 0 Å². The Bertz CT molecular complexity index is 417. The third-order valence-electron chi connectivity index (χ3n) is 1.77. The third-order valence-corrected chi connectivity index (χ3v) is 1.77. The van der Waals surface area contributed by atoms with Crippen LogP contribution < -0.4 is 0 Å². The van der Waals surface area contributed by atoms with Gasteiger partial charge in [0.1, 0.15) is 6.29 Å². The van der Waals surface area contributed by atoms with Crippen molar-refractivity contribution in [1.82, 2.24) is 0 Å². The van der Waals surface area contributed by atoms with E-state index in [-0.39, 0.29) is 0 Å². The highest BCUT2D eigenvalue weighted by molar-refractivity contribution is 5.74. The summed E-state index contributed by atoms with van der Waals surface area (Å²) in [6.07, 6.45) is 3.86. The van der Waals surface area contributed by atoms with Crippen molar-refractivity contribution in [3.05, 3.63) is 45.8 Å². The van der Waals surface area contributed by atoms with Crippen molar-refractivity contribution in [3.63, 3.8) is 0 Å². The third kappa shape index (κ3) is 2.47. The summed E-state index contributed by atoms with van der Waals surface area (Å²) in [5, 5.41) is 3.48. The second-order valence-electron chi connectivity index (χ2n) is 2.73. The number of allylic oxidation sites excluding steroid dienone is 1. The van der Waals surface area contributed by atoms with Crippen LogP contribution in [-0.4, -0.2) is 6.29 Å². The monoisotopic (exact) mass is 187 g/mol. The van der Waals surface area contributed by atoms with E-state index in [1.807, 2.05) is 6.92 Å². The van der Waals surface area contributed by atoms with Gasteiger partial charge in [-0.3, -0.25) is 4.79 Å². The van der Waals surface area contributed by atoms with Crippen LogP contribution in [0.3, 0.4) is 0 Å². The molecule has 4 nitrogen and oxygen atoms in total. The quantitative estimate of drug-likeness (QED) is 0.235. The Morgan fingerprint density at radius 2 is 2.29 bits per heavy atom. The molecule has 1 aromatic rings. The molecule has 0 unspecified atom stereocenters. The van der Waals surface area contributed by atoms with Gasteiger partial charge in [0.2, 0.25) is 0 Å². The molecular formula is C10H9N3O. The van der Waals surface area contributed by atoms with Crippen LogP contribution in [-0.2, 0) is 4.79 Å². The number of azide groups is 1. The molecule has 0 heterocycles. The molecule has 0 spiro atoms. The summed E-state index contributed by atoms with van der Waals surface area (Å²) in [5.41, 5.74) is 10.7. The molecular weight excluding hydrogens is 178 g/mol. The highest BCUT2D eigenvalue weighted by atomic mass is 16.1. The van der Waals surface area contributed by atoms with Gasteiger partial charge in [-0.15, -0.1) is 0 Å². The standard InChI is InChI=1S/C10H9N3O/c1-8-7-10(12-13-11)5-4-9(8)3-2-6-14/h2-7H,1H3. The summed E-state index contributed by atoms with van der Waals surface area (Å²) in [6.45, 7) is 1.89. The van der Waals surface area contributed by atoms with Crippen molar-refractivity contribution in [2.45, 2.75) is 6.92 Å². The Morgan fingerprint density at radius 3 is 2.86 bits per heavy atom. The lowest BCUT2D eigenvalue weighted by Gasteiger charge is -2.00. The summed E-state index contributed by atoms with van der Waals surface area (Å²) in [4.78, 5) is 12.8. The molecule has 0 aliphatic rings. The molecule has 1 rings (SSSR count). The Labute approximate surface area is 81.5 Å². The lowest BCUT2D eigenvalue weighted by molar-refractivity contribution is -0.104. The number of aldehydes is 1. The number of hydrogen-bond acceptors (Lipinski definition) is 2. The number of carbonyl (C=O) groups is 1.